The predicted octanol–water partition coefficient (Wildman–Crippen LogP) is 1.35. The summed E-state index contributed by atoms with van der Waals surface area (Å²) in [5, 5.41) is 7.07. The van der Waals surface area contributed by atoms with Gasteiger partial charge in [-0.05, 0) is 24.5 Å². The zero-order valence-electron chi connectivity index (χ0n) is 13.7. The van der Waals surface area contributed by atoms with Gasteiger partial charge in [0.25, 0.3) is 11.5 Å². The molecule has 0 aliphatic heterocycles. The molecule has 1 saturated carbocycles. The van der Waals surface area contributed by atoms with E-state index in [-0.39, 0.29) is 22.6 Å². The quantitative estimate of drug-likeness (QED) is 0.833. The summed E-state index contributed by atoms with van der Waals surface area (Å²) in [6, 6.07) is 13.1. The van der Waals surface area contributed by atoms with Crippen molar-refractivity contribution in [2.75, 3.05) is 20.3 Å². The number of hydrogen-bond donors (Lipinski definition) is 1. The Morgan fingerprint density at radius 1 is 1.25 bits per heavy atom. The highest BCUT2D eigenvalue weighted by Gasteiger charge is 2.44. The lowest BCUT2D eigenvalue weighted by atomic mass is 9.96. The molecule has 0 saturated heterocycles. The average molecular weight is 327 g/mol. The molecule has 1 aromatic heterocycles. The number of aromatic nitrogens is 2. The van der Waals surface area contributed by atoms with E-state index < -0.39 is 0 Å². The summed E-state index contributed by atoms with van der Waals surface area (Å²) in [7, 11) is 1.56. The van der Waals surface area contributed by atoms with Crippen molar-refractivity contribution in [3.63, 3.8) is 0 Å². The Kier molecular flexibility index (Phi) is 4.76. The van der Waals surface area contributed by atoms with Crippen LogP contribution in [0.4, 0.5) is 0 Å². The number of carbonyl (C=O) groups excluding carboxylic acids is 1. The molecule has 1 fully saturated rings. The SMILES string of the molecule is COCCn1nc(C(=O)NCC2(c3ccccc3)CC2)ccc1=O. The zero-order valence-corrected chi connectivity index (χ0v) is 13.7. The first-order valence-electron chi connectivity index (χ1n) is 8.05. The normalized spacial score (nSPS) is 15.0. The lowest BCUT2D eigenvalue weighted by molar-refractivity contribution is 0.0941. The number of rotatable bonds is 7. The maximum Gasteiger partial charge on any atom is 0.271 e. The van der Waals surface area contributed by atoms with Crippen LogP contribution in [0.3, 0.4) is 0 Å². The topological polar surface area (TPSA) is 73.2 Å². The predicted molar refractivity (Wildman–Crippen MR) is 90.1 cm³/mol. The number of nitrogens with zero attached hydrogens (tertiary/aromatic N) is 2. The van der Waals surface area contributed by atoms with Crippen LogP contribution in [-0.4, -0.2) is 35.9 Å². The smallest absolute Gasteiger partial charge is 0.271 e. The van der Waals surface area contributed by atoms with Crippen molar-refractivity contribution in [3.05, 3.63) is 64.1 Å². The van der Waals surface area contributed by atoms with Crippen molar-refractivity contribution in [2.24, 2.45) is 0 Å². The van der Waals surface area contributed by atoms with Crippen LogP contribution in [-0.2, 0) is 16.7 Å². The van der Waals surface area contributed by atoms with E-state index in [0.29, 0.717) is 19.7 Å². The Bertz CT molecular complexity index is 767. The molecule has 0 spiro atoms. The Morgan fingerprint density at radius 3 is 2.67 bits per heavy atom. The molecular formula is C18H21N3O3. The van der Waals surface area contributed by atoms with E-state index in [1.54, 1.807) is 7.11 Å². The van der Waals surface area contributed by atoms with E-state index in [9.17, 15) is 9.59 Å². The van der Waals surface area contributed by atoms with E-state index in [2.05, 4.69) is 22.5 Å². The highest BCUT2D eigenvalue weighted by atomic mass is 16.5. The third-order valence-electron chi connectivity index (χ3n) is 4.43. The van der Waals surface area contributed by atoms with Crippen molar-refractivity contribution >= 4 is 5.91 Å². The number of amides is 1. The summed E-state index contributed by atoms with van der Waals surface area (Å²) in [4.78, 5) is 24.1. The van der Waals surface area contributed by atoms with E-state index in [1.165, 1.54) is 22.4 Å². The Labute approximate surface area is 140 Å². The van der Waals surface area contributed by atoms with Gasteiger partial charge in [0.15, 0.2) is 0 Å². The summed E-state index contributed by atoms with van der Waals surface area (Å²) in [6.45, 7) is 1.27. The first-order chi connectivity index (χ1) is 11.6. The summed E-state index contributed by atoms with van der Waals surface area (Å²) < 4.78 is 6.20. The molecule has 0 unspecified atom stereocenters. The van der Waals surface area contributed by atoms with Gasteiger partial charge >= 0.3 is 0 Å². The van der Waals surface area contributed by atoms with Crippen LogP contribution in [0.25, 0.3) is 0 Å². The second-order valence-corrected chi connectivity index (χ2v) is 6.10. The van der Waals surface area contributed by atoms with E-state index >= 15 is 0 Å². The van der Waals surface area contributed by atoms with Crippen LogP contribution >= 0.6 is 0 Å². The monoisotopic (exact) mass is 327 g/mol. The van der Waals surface area contributed by atoms with E-state index in [0.717, 1.165) is 12.8 Å². The minimum absolute atomic E-state index is 0.0431. The number of methoxy groups -OCH3 is 1. The van der Waals surface area contributed by atoms with Crippen LogP contribution in [0.15, 0.2) is 47.3 Å². The number of hydrogen-bond acceptors (Lipinski definition) is 4. The number of ether oxygens (including phenoxy) is 1. The van der Waals surface area contributed by atoms with Crippen molar-refractivity contribution in [3.8, 4) is 0 Å². The number of nitrogens with one attached hydrogen (secondary N) is 1. The van der Waals surface area contributed by atoms with Gasteiger partial charge in [-0.1, -0.05) is 30.3 Å². The van der Waals surface area contributed by atoms with Crippen LogP contribution in [0, 0.1) is 0 Å². The second-order valence-electron chi connectivity index (χ2n) is 6.10. The molecule has 0 atom stereocenters. The van der Waals surface area contributed by atoms with Gasteiger partial charge in [-0.25, -0.2) is 4.68 Å². The van der Waals surface area contributed by atoms with Crippen LogP contribution in [0.5, 0.6) is 0 Å². The molecule has 1 aromatic carbocycles. The van der Waals surface area contributed by atoms with Gasteiger partial charge in [0.2, 0.25) is 0 Å². The fraction of sp³-hybridized carbons (Fsp3) is 0.389. The summed E-state index contributed by atoms with van der Waals surface area (Å²) in [6.07, 6.45) is 2.14. The second kappa shape index (κ2) is 6.97. The fourth-order valence-electron chi connectivity index (χ4n) is 2.76. The van der Waals surface area contributed by atoms with Gasteiger partial charge in [-0.2, -0.15) is 5.10 Å². The Hall–Kier alpha value is -2.47. The molecule has 126 valence electrons. The largest absolute Gasteiger partial charge is 0.383 e. The zero-order chi connectivity index (χ0) is 17.0. The fourth-order valence-corrected chi connectivity index (χ4v) is 2.76. The van der Waals surface area contributed by atoms with Crippen molar-refractivity contribution in [1.29, 1.82) is 0 Å². The van der Waals surface area contributed by atoms with Gasteiger partial charge in [0, 0.05) is 25.1 Å². The lowest BCUT2D eigenvalue weighted by Gasteiger charge is -2.16. The van der Waals surface area contributed by atoms with Crippen molar-refractivity contribution in [1.82, 2.24) is 15.1 Å². The third-order valence-corrected chi connectivity index (χ3v) is 4.43. The molecule has 1 heterocycles. The average Bonchev–Trinajstić information content (AvgIpc) is 3.41. The number of benzene rings is 1. The lowest BCUT2D eigenvalue weighted by Crippen LogP contribution is -2.34. The summed E-state index contributed by atoms with van der Waals surface area (Å²) in [5.74, 6) is -0.261. The summed E-state index contributed by atoms with van der Waals surface area (Å²) in [5.41, 5.74) is 1.30. The van der Waals surface area contributed by atoms with Gasteiger partial charge in [-0.3, -0.25) is 9.59 Å². The molecular weight excluding hydrogens is 306 g/mol. The Morgan fingerprint density at radius 2 is 2.00 bits per heavy atom. The Balaban J connectivity index is 1.66. The van der Waals surface area contributed by atoms with Crippen molar-refractivity contribution < 1.29 is 9.53 Å². The van der Waals surface area contributed by atoms with E-state index in [4.69, 9.17) is 4.74 Å². The number of carbonyl (C=O) groups is 1. The molecule has 0 radical (unpaired) electrons. The first kappa shape index (κ1) is 16.4. The molecule has 1 N–H and O–H groups in total. The molecule has 1 aliphatic carbocycles. The molecule has 6 heteroatoms. The van der Waals surface area contributed by atoms with Crippen LogP contribution < -0.4 is 10.9 Å². The molecule has 1 aliphatic rings. The molecule has 0 bridgehead atoms. The highest BCUT2D eigenvalue weighted by molar-refractivity contribution is 5.92. The van der Waals surface area contributed by atoms with Crippen molar-refractivity contribution in [2.45, 2.75) is 24.8 Å². The first-order valence-corrected chi connectivity index (χ1v) is 8.05. The summed E-state index contributed by atoms with van der Waals surface area (Å²) >= 11 is 0. The maximum atomic E-state index is 12.4. The van der Waals surface area contributed by atoms with Gasteiger partial charge in [0.1, 0.15) is 5.69 Å². The third kappa shape index (κ3) is 3.54. The maximum absolute atomic E-state index is 12.4. The molecule has 3 rings (SSSR count). The minimum atomic E-state index is -0.261. The van der Waals surface area contributed by atoms with Crippen LogP contribution in [0.2, 0.25) is 0 Å². The molecule has 2 aromatic rings. The molecule has 1 amide bonds. The highest BCUT2D eigenvalue weighted by Crippen LogP contribution is 2.47. The van der Waals surface area contributed by atoms with Crippen LogP contribution in [0.1, 0.15) is 28.9 Å². The standard InChI is InChI=1S/C18H21N3O3/c1-24-12-11-21-16(22)8-7-15(20-21)17(23)19-13-18(9-10-18)14-5-3-2-4-6-14/h2-8H,9-13H2,1H3,(H,19,23). The molecule has 6 nitrogen and oxygen atoms in total. The molecule has 24 heavy (non-hydrogen) atoms. The van der Waals surface area contributed by atoms with Gasteiger partial charge < -0.3 is 10.1 Å². The van der Waals surface area contributed by atoms with E-state index in [1.807, 2.05) is 18.2 Å². The van der Waals surface area contributed by atoms with Gasteiger partial charge in [0.05, 0.1) is 13.2 Å². The van der Waals surface area contributed by atoms with Gasteiger partial charge in [-0.15, -0.1) is 0 Å². The minimum Gasteiger partial charge on any atom is -0.383 e.